The van der Waals surface area contributed by atoms with Gasteiger partial charge in [0.15, 0.2) is 11.5 Å². The average molecular weight is 510 g/mol. The molecule has 1 atom stereocenters. The van der Waals surface area contributed by atoms with Gasteiger partial charge in [-0.3, -0.25) is 9.59 Å². The van der Waals surface area contributed by atoms with Gasteiger partial charge in [0.05, 0.1) is 24.6 Å². The average Bonchev–Trinajstić information content (AvgIpc) is 2.91. The molecule has 0 saturated carbocycles. The van der Waals surface area contributed by atoms with Gasteiger partial charge in [0.1, 0.15) is 0 Å². The van der Waals surface area contributed by atoms with Crippen LogP contribution >= 0.6 is 11.8 Å². The minimum atomic E-state index is -0.988. The molecule has 186 valence electrons. The molecule has 2 amide bonds. The summed E-state index contributed by atoms with van der Waals surface area (Å²) in [7, 11) is 1.48. The number of nitrogens with zero attached hydrogens (tertiary/aromatic N) is 4. The Bertz CT molecular complexity index is 1260. The van der Waals surface area contributed by atoms with Gasteiger partial charge in [0.25, 0.3) is 5.91 Å². The summed E-state index contributed by atoms with van der Waals surface area (Å²) in [5, 5.41) is 8.47. The van der Waals surface area contributed by atoms with E-state index >= 15 is 0 Å². The van der Waals surface area contributed by atoms with E-state index in [0.717, 1.165) is 11.1 Å². The molecule has 0 aliphatic carbocycles. The van der Waals surface area contributed by atoms with Crippen molar-refractivity contribution in [3.8, 4) is 11.5 Å². The molecular formula is C25H24FN5O4S. The molecular weight excluding hydrogens is 485 g/mol. The van der Waals surface area contributed by atoms with Crippen molar-refractivity contribution in [2.45, 2.75) is 25.1 Å². The third-order valence-electron chi connectivity index (χ3n) is 5.34. The summed E-state index contributed by atoms with van der Waals surface area (Å²) in [5.74, 6) is 0.333. The molecule has 1 aliphatic heterocycles. The standard InChI is InChI=1S/C25H24FN5O4S/c1-3-21-22(17-7-10-19(34-2)20(13-17)35-15-26)30-31(25(33)36-21)14-16-5-8-18(9-6-16)29-24(32)23-27-11-4-12-28-23/h4-13,21H,3,14-15H2,1-2H3,(H,29,32). The van der Waals surface area contributed by atoms with Crippen molar-refractivity contribution >= 4 is 34.3 Å². The first-order valence-electron chi connectivity index (χ1n) is 11.1. The second-order valence-corrected chi connectivity index (χ2v) is 8.82. The van der Waals surface area contributed by atoms with Crippen LogP contribution in [0.25, 0.3) is 0 Å². The Hall–Kier alpha value is -3.99. The maximum Gasteiger partial charge on any atom is 0.302 e. The topological polar surface area (TPSA) is 106 Å². The molecule has 1 aromatic heterocycles. The Morgan fingerprint density at radius 3 is 2.56 bits per heavy atom. The van der Waals surface area contributed by atoms with E-state index < -0.39 is 12.8 Å². The molecule has 1 aliphatic rings. The van der Waals surface area contributed by atoms with E-state index in [0.29, 0.717) is 23.6 Å². The summed E-state index contributed by atoms with van der Waals surface area (Å²) in [6.07, 6.45) is 3.68. The zero-order chi connectivity index (χ0) is 25.5. The van der Waals surface area contributed by atoms with Crippen LogP contribution in [0.1, 0.15) is 35.1 Å². The fourth-order valence-electron chi connectivity index (χ4n) is 3.57. The van der Waals surface area contributed by atoms with Crippen LogP contribution in [0.2, 0.25) is 0 Å². The predicted octanol–water partition coefficient (Wildman–Crippen LogP) is 4.90. The Morgan fingerprint density at radius 1 is 1.14 bits per heavy atom. The number of ether oxygens (including phenoxy) is 2. The molecule has 0 radical (unpaired) electrons. The number of hydrogen-bond acceptors (Lipinski definition) is 8. The monoisotopic (exact) mass is 509 g/mol. The second kappa shape index (κ2) is 11.6. The van der Waals surface area contributed by atoms with E-state index in [1.807, 2.05) is 13.0 Å². The number of hydrogen-bond donors (Lipinski definition) is 1. The number of carbonyl (C=O) groups excluding carboxylic acids is 2. The number of methoxy groups -OCH3 is 1. The van der Waals surface area contributed by atoms with Crippen molar-refractivity contribution in [2.24, 2.45) is 5.10 Å². The molecule has 0 fully saturated rings. The fraction of sp³-hybridized carbons (Fsp3) is 0.240. The molecule has 11 heteroatoms. The molecule has 9 nitrogen and oxygen atoms in total. The van der Waals surface area contributed by atoms with Crippen LogP contribution < -0.4 is 14.8 Å². The quantitative estimate of drug-likeness (QED) is 0.438. The molecule has 2 heterocycles. The van der Waals surface area contributed by atoms with Crippen LogP contribution in [0.3, 0.4) is 0 Å². The summed E-state index contributed by atoms with van der Waals surface area (Å²) < 4.78 is 23.2. The van der Waals surface area contributed by atoms with E-state index in [4.69, 9.17) is 9.47 Å². The number of thioether (sulfide) groups is 1. The van der Waals surface area contributed by atoms with Gasteiger partial charge in [-0.1, -0.05) is 30.8 Å². The van der Waals surface area contributed by atoms with Gasteiger partial charge in [-0.2, -0.15) is 5.10 Å². The Morgan fingerprint density at radius 2 is 1.89 bits per heavy atom. The highest BCUT2D eigenvalue weighted by Crippen LogP contribution is 2.34. The maximum atomic E-state index is 12.9. The lowest BCUT2D eigenvalue weighted by atomic mass is 10.0. The summed E-state index contributed by atoms with van der Waals surface area (Å²) in [6, 6.07) is 13.9. The summed E-state index contributed by atoms with van der Waals surface area (Å²) in [5.41, 5.74) is 2.81. The molecule has 1 N–H and O–H groups in total. The van der Waals surface area contributed by atoms with E-state index in [9.17, 15) is 14.0 Å². The van der Waals surface area contributed by atoms with Crippen molar-refractivity contribution in [2.75, 3.05) is 19.3 Å². The SMILES string of the molecule is CCC1SC(=O)N(Cc2ccc(NC(=O)c3ncccn3)cc2)N=C1c1ccc(OC)c(OCF)c1. The third kappa shape index (κ3) is 5.80. The number of carbonyl (C=O) groups is 2. The zero-order valence-corrected chi connectivity index (χ0v) is 20.5. The second-order valence-electron chi connectivity index (χ2n) is 7.67. The van der Waals surface area contributed by atoms with Crippen LogP contribution in [0.15, 0.2) is 66.0 Å². The maximum absolute atomic E-state index is 12.9. The van der Waals surface area contributed by atoms with Crippen LogP contribution in [-0.4, -0.2) is 51.1 Å². The van der Waals surface area contributed by atoms with Gasteiger partial charge in [0.2, 0.25) is 12.7 Å². The molecule has 4 rings (SSSR count). The van der Waals surface area contributed by atoms with E-state index in [1.54, 1.807) is 42.5 Å². The zero-order valence-electron chi connectivity index (χ0n) is 19.7. The number of nitrogens with one attached hydrogen (secondary N) is 1. The Labute approximate surface area is 211 Å². The smallest absolute Gasteiger partial charge is 0.302 e. The molecule has 1 unspecified atom stereocenters. The number of halogens is 1. The fourth-order valence-corrected chi connectivity index (χ4v) is 4.50. The molecule has 36 heavy (non-hydrogen) atoms. The lowest BCUT2D eigenvalue weighted by molar-refractivity contribution is 0.101. The van der Waals surface area contributed by atoms with Gasteiger partial charge < -0.3 is 14.8 Å². The largest absolute Gasteiger partial charge is 0.493 e. The predicted molar refractivity (Wildman–Crippen MR) is 135 cm³/mol. The minimum Gasteiger partial charge on any atom is -0.493 e. The molecule has 0 saturated heterocycles. The van der Waals surface area contributed by atoms with Crippen LogP contribution in [-0.2, 0) is 6.54 Å². The first-order chi connectivity index (χ1) is 17.5. The number of aromatic nitrogens is 2. The Balaban J connectivity index is 1.52. The van der Waals surface area contributed by atoms with E-state index in [1.165, 1.54) is 36.3 Å². The van der Waals surface area contributed by atoms with Crippen molar-refractivity contribution in [1.29, 1.82) is 0 Å². The lowest BCUT2D eigenvalue weighted by Gasteiger charge is -2.28. The normalized spacial score (nSPS) is 15.3. The van der Waals surface area contributed by atoms with Crippen LogP contribution in [0.5, 0.6) is 11.5 Å². The van der Waals surface area contributed by atoms with E-state index in [-0.39, 0.29) is 28.6 Å². The number of hydrazone groups is 1. The van der Waals surface area contributed by atoms with Crippen molar-refractivity contribution in [1.82, 2.24) is 15.0 Å². The first kappa shape index (κ1) is 25.1. The summed E-state index contributed by atoms with van der Waals surface area (Å²) >= 11 is 1.19. The van der Waals surface area contributed by atoms with Gasteiger partial charge in [-0.05, 0) is 48.4 Å². The van der Waals surface area contributed by atoms with Crippen molar-refractivity contribution in [3.05, 3.63) is 77.9 Å². The van der Waals surface area contributed by atoms with Gasteiger partial charge >= 0.3 is 5.24 Å². The number of rotatable bonds is 9. The summed E-state index contributed by atoms with van der Waals surface area (Å²) in [6.45, 7) is 1.23. The highest BCUT2D eigenvalue weighted by atomic mass is 32.2. The van der Waals surface area contributed by atoms with Crippen molar-refractivity contribution < 1.29 is 23.5 Å². The van der Waals surface area contributed by atoms with Gasteiger partial charge in [-0.15, -0.1) is 0 Å². The number of alkyl halides is 1. The molecule has 0 bridgehead atoms. The highest BCUT2D eigenvalue weighted by Gasteiger charge is 2.30. The lowest BCUT2D eigenvalue weighted by Crippen LogP contribution is -2.34. The molecule has 3 aromatic rings. The van der Waals surface area contributed by atoms with Crippen LogP contribution in [0, 0.1) is 0 Å². The van der Waals surface area contributed by atoms with Crippen LogP contribution in [0.4, 0.5) is 14.9 Å². The number of anilines is 1. The minimum absolute atomic E-state index is 0.0727. The molecule has 2 aromatic carbocycles. The number of benzene rings is 2. The first-order valence-corrected chi connectivity index (χ1v) is 12.0. The third-order valence-corrected chi connectivity index (χ3v) is 6.59. The molecule has 0 spiro atoms. The number of amides is 2. The van der Waals surface area contributed by atoms with Gasteiger partial charge in [-0.25, -0.2) is 19.4 Å². The van der Waals surface area contributed by atoms with Gasteiger partial charge in [0, 0.05) is 23.6 Å². The summed E-state index contributed by atoms with van der Waals surface area (Å²) in [4.78, 5) is 32.9. The van der Waals surface area contributed by atoms with E-state index in [2.05, 4.69) is 20.4 Å². The highest BCUT2D eigenvalue weighted by molar-refractivity contribution is 8.14. The Kier molecular flexibility index (Phi) is 8.11. The van der Waals surface area contributed by atoms with Crippen molar-refractivity contribution in [3.63, 3.8) is 0 Å².